The van der Waals surface area contributed by atoms with Crippen molar-refractivity contribution in [3.63, 3.8) is 0 Å². The fraction of sp³-hybridized carbons (Fsp3) is 0.421. The number of nitrogens with zero attached hydrogens (tertiary/aromatic N) is 4. The molecule has 3 aromatic rings. The van der Waals surface area contributed by atoms with Crippen LogP contribution in [0.3, 0.4) is 0 Å². The zero-order valence-corrected chi connectivity index (χ0v) is 15.5. The molecule has 7 heteroatoms. The van der Waals surface area contributed by atoms with E-state index in [1.807, 2.05) is 48.9 Å². The van der Waals surface area contributed by atoms with E-state index in [4.69, 9.17) is 0 Å². The number of aryl methyl sites for hydroxylation is 5. The Bertz CT molecular complexity index is 980. The van der Waals surface area contributed by atoms with E-state index in [1.54, 1.807) is 16.2 Å². The van der Waals surface area contributed by atoms with Gasteiger partial charge in [-0.2, -0.15) is 5.10 Å². The Balaban J connectivity index is 1.50. The van der Waals surface area contributed by atoms with Crippen molar-refractivity contribution in [3.05, 3.63) is 52.2 Å². The lowest BCUT2D eigenvalue weighted by atomic mass is 10.3. The molecule has 26 heavy (non-hydrogen) atoms. The van der Waals surface area contributed by atoms with Crippen molar-refractivity contribution in [2.75, 3.05) is 6.54 Å². The number of rotatable bonds is 7. The zero-order valence-electron chi connectivity index (χ0n) is 15.5. The van der Waals surface area contributed by atoms with Gasteiger partial charge in [-0.3, -0.25) is 18.6 Å². The molecule has 138 valence electrons. The van der Waals surface area contributed by atoms with Gasteiger partial charge in [0.05, 0.1) is 16.7 Å². The monoisotopic (exact) mass is 355 g/mol. The molecule has 3 rings (SSSR count). The van der Waals surface area contributed by atoms with Crippen LogP contribution in [0.15, 0.2) is 35.1 Å². The van der Waals surface area contributed by atoms with E-state index in [1.165, 1.54) is 0 Å². The summed E-state index contributed by atoms with van der Waals surface area (Å²) in [6.07, 6.45) is 1.11. The number of aromatic nitrogens is 4. The van der Waals surface area contributed by atoms with E-state index in [9.17, 15) is 9.59 Å². The molecule has 0 saturated carbocycles. The lowest BCUT2D eigenvalue weighted by Gasteiger charge is -2.07. The molecule has 1 aromatic carbocycles. The molecule has 2 aromatic heterocycles. The van der Waals surface area contributed by atoms with Gasteiger partial charge in [-0.1, -0.05) is 12.1 Å². The number of hydrogen-bond acceptors (Lipinski definition) is 3. The molecule has 0 unspecified atom stereocenters. The highest BCUT2D eigenvalue weighted by Crippen LogP contribution is 2.11. The third-order valence-electron chi connectivity index (χ3n) is 4.59. The van der Waals surface area contributed by atoms with Crippen LogP contribution in [0.25, 0.3) is 11.0 Å². The van der Waals surface area contributed by atoms with Crippen molar-refractivity contribution < 1.29 is 4.79 Å². The molecule has 0 spiro atoms. The molecule has 0 aliphatic carbocycles. The summed E-state index contributed by atoms with van der Waals surface area (Å²) in [5.41, 5.74) is 3.78. The molecular formula is C19H25N5O2. The number of fused-ring (bicyclic) bond motifs is 1. The van der Waals surface area contributed by atoms with Crippen molar-refractivity contribution in [2.24, 2.45) is 7.05 Å². The fourth-order valence-electron chi connectivity index (χ4n) is 3.24. The normalized spacial score (nSPS) is 11.2. The Morgan fingerprint density at radius 2 is 1.88 bits per heavy atom. The number of carbonyl (C=O) groups excluding carboxylic acids is 1. The first kappa shape index (κ1) is 18.0. The van der Waals surface area contributed by atoms with Crippen molar-refractivity contribution in [1.82, 2.24) is 24.2 Å². The maximum absolute atomic E-state index is 12.3. The van der Waals surface area contributed by atoms with Gasteiger partial charge in [-0.15, -0.1) is 0 Å². The van der Waals surface area contributed by atoms with E-state index in [0.29, 0.717) is 13.1 Å². The van der Waals surface area contributed by atoms with Crippen LogP contribution in [0, 0.1) is 13.8 Å². The van der Waals surface area contributed by atoms with Crippen molar-refractivity contribution >= 4 is 16.9 Å². The van der Waals surface area contributed by atoms with Crippen LogP contribution in [0.4, 0.5) is 0 Å². The molecule has 2 heterocycles. The summed E-state index contributed by atoms with van der Waals surface area (Å²) in [5, 5.41) is 7.33. The second-order valence-corrected chi connectivity index (χ2v) is 6.59. The summed E-state index contributed by atoms with van der Waals surface area (Å²) in [6, 6.07) is 9.66. The van der Waals surface area contributed by atoms with Gasteiger partial charge in [0.1, 0.15) is 0 Å². The Hall–Kier alpha value is -2.83. The van der Waals surface area contributed by atoms with Crippen LogP contribution >= 0.6 is 0 Å². The number of benzene rings is 1. The van der Waals surface area contributed by atoms with E-state index >= 15 is 0 Å². The molecule has 1 N–H and O–H groups in total. The highest BCUT2D eigenvalue weighted by Gasteiger charge is 2.11. The average molecular weight is 355 g/mol. The fourth-order valence-corrected chi connectivity index (χ4v) is 3.24. The topological polar surface area (TPSA) is 73.8 Å². The first-order valence-corrected chi connectivity index (χ1v) is 8.89. The van der Waals surface area contributed by atoms with E-state index < -0.39 is 0 Å². The summed E-state index contributed by atoms with van der Waals surface area (Å²) in [5.74, 6) is -0.0433. The summed E-state index contributed by atoms with van der Waals surface area (Å²) < 4.78 is 5.23. The Morgan fingerprint density at radius 3 is 2.58 bits per heavy atom. The maximum Gasteiger partial charge on any atom is 0.328 e. The molecule has 0 aliphatic heterocycles. The highest BCUT2D eigenvalue weighted by molar-refractivity contribution is 5.77. The quantitative estimate of drug-likeness (QED) is 0.656. The molecular weight excluding hydrogens is 330 g/mol. The van der Waals surface area contributed by atoms with Crippen LogP contribution in [-0.2, 0) is 24.9 Å². The summed E-state index contributed by atoms with van der Waals surface area (Å²) in [6.45, 7) is 5.76. The second-order valence-electron chi connectivity index (χ2n) is 6.59. The molecule has 0 saturated heterocycles. The molecule has 0 fully saturated rings. The second kappa shape index (κ2) is 7.59. The summed E-state index contributed by atoms with van der Waals surface area (Å²) in [4.78, 5) is 24.4. The Kier molecular flexibility index (Phi) is 5.25. The standard InChI is InChI=1S/C19H25N5O2/c1-14-13-15(2)24(21-14)11-6-10-20-18(25)9-12-23-17-8-5-4-7-16(17)22(3)19(23)26/h4-5,7-8,13H,6,9-12H2,1-3H3,(H,20,25). The number of hydrogen-bond donors (Lipinski definition) is 1. The smallest absolute Gasteiger partial charge is 0.328 e. The SMILES string of the molecule is Cc1cc(C)n(CCCNC(=O)CCn2c(=O)n(C)c3ccccc32)n1. The lowest BCUT2D eigenvalue weighted by Crippen LogP contribution is -2.29. The number of carbonyl (C=O) groups is 1. The van der Waals surface area contributed by atoms with Gasteiger partial charge in [0.15, 0.2) is 0 Å². The first-order valence-electron chi connectivity index (χ1n) is 8.89. The number of imidazole rings is 1. The number of nitrogens with one attached hydrogen (secondary N) is 1. The minimum Gasteiger partial charge on any atom is -0.356 e. The van der Waals surface area contributed by atoms with Gasteiger partial charge in [-0.05, 0) is 38.5 Å². The van der Waals surface area contributed by atoms with Gasteiger partial charge in [0.2, 0.25) is 5.91 Å². The number of amides is 1. The predicted octanol–water partition coefficient (Wildman–Crippen LogP) is 1.75. The third-order valence-corrected chi connectivity index (χ3v) is 4.59. The minimum atomic E-state index is -0.0940. The molecule has 0 radical (unpaired) electrons. The summed E-state index contributed by atoms with van der Waals surface area (Å²) in [7, 11) is 1.75. The molecule has 1 amide bonds. The first-order chi connectivity index (χ1) is 12.5. The van der Waals surface area contributed by atoms with Gasteiger partial charge in [0, 0.05) is 38.8 Å². The predicted molar refractivity (Wildman–Crippen MR) is 101 cm³/mol. The van der Waals surface area contributed by atoms with Crippen LogP contribution in [0.1, 0.15) is 24.2 Å². The van der Waals surface area contributed by atoms with E-state index in [2.05, 4.69) is 10.4 Å². The minimum absolute atomic E-state index is 0.0433. The van der Waals surface area contributed by atoms with Crippen molar-refractivity contribution in [3.8, 4) is 0 Å². The largest absolute Gasteiger partial charge is 0.356 e. The van der Waals surface area contributed by atoms with Gasteiger partial charge >= 0.3 is 5.69 Å². The van der Waals surface area contributed by atoms with Crippen LogP contribution in [0.2, 0.25) is 0 Å². The molecule has 0 bridgehead atoms. The zero-order chi connectivity index (χ0) is 18.7. The van der Waals surface area contributed by atoms with Gasteiger partial charge in [-0.25, -0.2) is 4.79 Å². The maximum atomic E-state index is 12.3. The van der Waals surface area contributed by atoms with Gasteiger partial charge in [0.25, 0.3) is 0 Å². The lowest BCUT2D eigenvalue weighted by molar-refractivity contribution is -0.121. The Morgan fingerprint density at radius 1 is 1.15 bits per heavy atom. The Labute approximate surface area is 152 Å². The highest BCUT2D eigenvalue weighted by atomic mass is 16.2. The molecule has 0 aliphatic rings. The van der Waals surface area contributed by atoms with Crippen molar-refractivity contribution in [2.45, 2.75) is 39.8 Å². The van der Waals surface area contributed by atoms with Crippen LogP contribution in [-0.4, -0.2) is 31.4 Å². The molecule has 7 nitrogen and oxygen atoms in total. The van der Waals surface area contributed by atoms with Crippen LogP contribution < -0.4 is 11.0 Å². The average Bonchev–Trinajstić information content (AvgIpc) is 3.07. The van der Waals surface area contributed by atoms with E-state index in [0.717, 1.165) is 35.4 Å². The summed E-state index contributed by atoms with van der Waals surface area (Å²) >= 11 is 0. The van der Waals surface area contributed by atoms with Crippen LogP contribution in [0.5, 0.6) is 0 Å². The number of para-hydroxylation sites is 2. The van der Waals surface area contributed by atoms with E-state index in [-0.39, 0.29) is 18.0 Å². The molecule has 0 atom stereocenters. The third kappa shape index (κ3) is 3.71. The van der Waals surface area contributed by atoms with Gasteiger partial charge < -0.3 is 5.32 Å². The van der Waals surface area contributed by atoms with Crippen molar-refractivity contribution in [1.29, 1.82) is 0 Å².